The van der Waals surface area contributed by atoms with E-state index in [0.717, 1.165) is 18.7 Å². The molecule has 94 valence electrons. The summed E-state index contributed by atoms with van der Waals surface area (Å²) in [6.45, 7) is 2.32. The molecule has 1 aromatic rings. The molecule has 0 heterocycles. The second-order valence-corrected chi connectivity index (χ2v) is 4.78. The number of benzene rings is 1. The Morgan fingerprint density at radius 3 is 2.76 bits per heavy atom. The summed E-state index contributed by atoms with van der Waals surface area (Å²) in [7, 11) is 1.47. The highest BCUT2D eigenvalue weighted by molar-refractivity contribution is 5.29. The number of hydrogen-bond acceptors (Lipinski definition) is 3. The monoisotopic (exact) mass is 238 g/mol. The zero-order valence-electron chi connectivity index (χ0n) is 10.1. The summed E-state index contributed by atoms with van der Waals surface area (Å²) in [5, 5.41) is 3.33. The molecule has 1 aliphatic carbocycles. The molecule has 4 heteroatoms. The Labute approximate surface area is 101 Å². The Balaban J connectivity index is 1.85. The van der Waals surface area contributed by atoms with E-state index >= 15 is 0 Å². The fourth-order valence-electron chi connectivity index (χ4n) is 1.92. The Hall–Kier alpha value is -1.13. The van der Waals surface area contributed by atoms with E-state index in [4.69, 9.17) is 10.5 Å². The summed E-state index contributed by atoms with van der Waals surface area (Å²) in [4.78, 5) is 0. The largest absolute Gasteiger partial charge is 0.494 e. The molecule has 0 spiro atoms. The number of halogens is 1. The Morgan fingerprint density at radius 1 is 1.47 bits per heavy atom. The number of rotatable bonds is 6. The lowest BCUT2D eigenvalue weighted by atomic mass is 10.1. The van der Waals surface area contributed by atoms with Crippen molar-refractivity contribution in [3.8, 4) is 5.75 Å². The first kappa shape index (κ1) is 12.3. The van der Waals surface area contributed by atoms with Crippen molar-refractivity contribution in [3.05, 3.63) is 29.6 Å². The second-order valence-electron chi connectivity index (χ2n) is 4.78. The molecule has 3 N–H and O–H groups in total. The molecule has 1 aromatic carbocycles. The summed E-state index contributed by atoms with van der Waals surface area (Å²) in [5.74, 6) is -0.0267. The van der Waals surface area contributed by atoms with E-state index in [0.29, 0.717) is 12.0 Å². The molecule has 0 radical (unpaired) electrons. The highest BCUT2D eigenvalue weighted by atomic mass is 19.1. The number of hydrogen-bond donors (Lipinski definition) is 2. The van der Waals surface area contributed by atoms with E-state index in [9.17, 15) is 4.39 Å². The molecule has 1 saturated carbocycles. The van der Waals surface area contributed by atoms with Crippen LogP contribution in [0.25, 0.3) is 0 Å². The van der Waals surface area contributed by atoms with Crippen LogP contribution in [0.5, 0.6) is 5.75 Å². The predicted molar refractivity (Wildman–Crippen MR) is 65.4 cm³/mol. The number of nitrogens with one attached hydrogen (secondary N) is 1. The maximum atomic E-state index is 13.4. The highest BCUT2D eigenvalue weighted by Crippen LogP contribution is 2.43. The van der Waals surface area contributed by atoms with E-state index in [-0.39, 0.29) is 11.6 Å². The van der Waals surface area contributed by atoms with E-state index in [1.54, 1.807) is 6.07 Å². The van der Waals surface area contributed by atoms with E-state index < -0.39 is 0 Å². The minimum absolute atomic E-state index is 0.286. The van der Waals surface area contributed by atoms with Gasteiger partial charge in [0.2, 0.25) is 0 Å². The van der Waals surface area contributed by atoms with Crippen molar-refractivity contribution in [2.24, 2.45) is 11.1 Å². The maximum absolute atomic E-state index is 13.4. The molecular weight excluding hydrogens is 219 g/mol. The molecule has 1 fully saturated rings. The molecule has 3 nitrogen and oxygen atoms in total. The number of ether oxygens (including phenoxy) is 1. The second kappa shape index (κ2) is 5.02. The normalized spacial score (nSPS) is 16.9. The fourth-order valence-corrected chi connectivity index (χ4v) is 1.92. The molecule has 0 bridgehead atoms. The summed E-state index contributed by atoms with van der Waals surface area (Å²) < 4.78 is 18.3. The van der Waals surface area contributed by atoms with Gasteiger partial charge in [-0.3, -0.25) is 0 Å². The first-order chi connectivity index (χ1) is 8.19. The van der Waals surface area contributed by atoms with Gasteiger partial charge in [0.25, 0.3) is 0 Å². The summed E-state index contributed by atoms with van der Waals surface area (Å²) in [6.07, 6.45) is 2.40. The third-order valence-corrected chi connectivity index (χ3v) is 3.44. The van der Waals surface area contributed by atoms with E-state index in [1.807, 2.05) is 6.07 Å². The van der Waals surface area contributed by atoms with Gasteiger partial charge in [0.05, 0.1) is 7.11 Å². The van der Waals surface area contributed by atoms with Gasteiger partial charge in [-0.15, -0.1) is 0 Å². The molecule has 17 heavy (non-hydrogen) atoms. The Kier molecular flexibility index (Phi) is 3.64. The topological polar surface area (TPSA) is 47.3 Å². The Bertz CT molecular complexity index is 391. The maximum Gasteiger partial charge on any atom is 0.165 e. The van der Waals surface area contributed by atoms with Gasteiger partial charge < -0.3 is 15.8 Å². The number of methoxy groups -OCH3 is 1. The summed E-state index contributed by atoms with van der Waals surface area (Å²) >= 11 is 0. The van der Waals surface area contributed by atoms with Crippen LogP contribution in [0.15, 0.2) is 18.2 Å². The zero-order valence-corrected chi connectivity index (χ0v) is 10.1. The van der Waals surface area contributed by atoms with Gasteiger partial charge in [0, 0.05) is 13.1 Å². The van der Waals surface area contributed by atoms with Crippen LogP contribution >= 0.6 is 0 Å². The smallest absolute Gasteiger partial charge is 0.165 e. The molecule has 0 amide bonds. The van der Waals surface area contributed by atoms with Crippen LogP contribution in [0.1, 0.15) is 18.4 Å². The summed E-state index contributed by atoms with van der Waals surface area (Å²) in [5.41, 5.74) is 6.93. The van der Waals surface area contributed by atoms with Crippen LogP contribution in [0.2, 0.25) is 0 Å². The van der Waals surface area contributed by atoms with E-state index in [2.05, 4.69) is 5.32 Å². The van der Waals surface area contributed by atoms with Crippen molar-refractivity contribution in [2.75, 3.05) is 20.2 Å². The summed E-state index contributed by atoms with van der Waals surface area (Å²) in [6, 6.07) is 5.03. The van der Waals surface area contributed by atoms with Crippen molar-refractivity contribution in [3.63, 3.8) is 0 Å². The van der Waals surface area contributed by atoms with Gasteiger partial charge >= 0.3 is 0 Å². The van der Waals surface area contributed by atoms with Crippen molar-refractivity contribution >= 4 is 0 Å². The van der Waals surface area contributed by atoms with Gasteiger partial charge in [0.15, 0.2) is 11.6 Å². The lowest BCUT2D eigenvalue weighted by Crippen LogP contribution is -2.29. The first-order valence-corrected chi connectivity index (χ1v) is 5.92. The third-order valence-electron chi connectivity index (χ3n) is 3.44. The van der Waals surface area contributed by atoms with Crippen LogP contribution < -0.4 is 15.8 Å². The minimum Gasteiger partial charge on any atom is -0.494 e. The SMILES string of the molecule is COc1ccc(CNCC2(CN)CC2)cc1F. The van der Waals surface area contributed by atoms with Crippen molar-refractivity contribution < 1.29 is 9.13 Å². The zero-order chi connectivity index (χ0) is 12.3. The average Bonchev–Trinajstić information content (AvgIpc) is 3.10. The standard InChI is InChI=1S/C13H19FN2O/c1-17-12-3-2-10(6-11(12)14)7-16-9-13(8-15)4-5-13/h2-3,6,16H,4-5,7-9,15H2,1H3. The quantitative estimate of drug-likeness (QED) is 0.792. The average molecular weight is 238 g/mol. The van der Waals surface area contributed by atoms with Crippen LogP contribution in [-0.2, 0) is 6.54 Å². The van der Waals surface area contributed by atoms with Crippen LogP contribution in [0, 0.1) is 11.2 Å². The van der Waals surface area contributed by atoms with E-state index in [1.165, 1.54) is 26.0 Å². The van der Waals surface area contributed by atoms with Gasteiger partial charge in [-0.05, 0) is 42.5 Å². The predicted octanol–water partition coefficient (Wildman–Crippen LogP) is 1.66. The molecular formula is C13H19FN2O. The van der Waals surface area contributed by atoms with Crippen molar-refractivity contribution in [1.29, 1.82) is 0 Å². The lowest BCUT2D eigenvalue weighted by molar-refractivity contribution is 0.386. The molecule has 0 unspecified atom stereocenters. The Morgan fingerprint density at radius 2 is 2.24 bits per heavy atom. The lowest BCUT2D eigenvalue weighted by Gasteiger charge is -2.13. The molecule has 0 saturated heterocycles. The first-order valence-electron chi connectivity index (χ1n) is 5.92. The van der Waals surface area contributed by atoms with Gasteiger partial charge in [-0.1, -0.05) is 6.07 Å². The van der Waals surface area contributed by atoms with Gasteiger partial charge in [0.1, 0.15) is 0 Å². The highest BCUT2D eigenvalue weighted by Gasteiger charge is 2.40. The van der Waals surface area contributed by atoms with Crippen molar-refractivity contribution in [2.45, 2.75) is 19.4 Å². The molecule has 1 aliphatic rings. The molecule has 0 atom stereocenters. The van der Waals surface area contributed by atoms with Gasteiger partial charge in [-0.25, -0.2) is 4.39 Å². The third kappa shape index (κ3) is 2.96. The van der Waals surface area contributed by atoms with Crippen LogP contribution in [0.4, 0.5) is 4.39 Å². The van der Waals surface area contributed by atoms with Crippen LogP contribution in [0.3, 0.4) is 0 Å². The molecule has 0 aliphatic heterocycles. The molecule has 0 aromatic heterocycles. The molecule has 2 rings (SSSR count). The number of nitrogens with two attached hydrogens (primary N) is 1. The fraction of sp³-hybridized carbons (Fsp3) is 0.538. The van der Waals surface area contributed by atoms with Crippen LogP contribution in [-0.4, -0.2) is 20.2 Å². The van der Waals surface area contributed by atoms with Gasteiger partial charge in [-0.2, -0.15) is 0 Å². The van der Waals surface area contributed by atoms with Crippen molar-refractivity contribution in [1.82, 2.24) is 5.32 Å². The minimum atomic E-state index is -0.313.